The summed E-state index contributed by atoms with van der Waals surface area (Å²) < 4.78 is 39.0. The van der Waals surface area contributed by atoms with Gasteiger partial charge in [0.05, 0.1) is 22.1 Å². The van der Waals surface area contributed by atoms with Gasteiger partial charge in [-0.05, 0) is 24.3 Å². The number of alkyl halides is 3. The predicted octanol–water partition coefficient (Wildman–Crippen LogP) is 3.46. The minimum atomic E-state index is -4.72. The number of nitrogens with one attached hydrogen (secondary N) is 2. The fourth-order valence-electron chi connectivity index (χ4n) is 2.57. The number of thioether (sulfide) groups is 1. The molecule has 0 spiro atoms. The van der Waals surface area contributed by atoms with Gasteiger partial charge in [0.15, 0.2) is 0 Å². The van der Waals surface area contributed by atoms with Gasteiger partial charge in [-0.1, -0.05) is 24.3 Å². The average molecular weight is 394 g/mol. The lowest BCUT2D eigenvalue weighted by molar-refractivity contribution is -0.138. The molecule has 27 heavy (non-hydrogen) atoms. The molecule has 0 saturated carbocycles. The van der Waals surface area contributed by atoms with E-state index in [1.165, 1.54) is 6.07 Å². The standard InChI is InChI=1S/C18H13F3N2O3S/c19-18(20,21)11-6-2-1-5-10(11)16(25)23-15(24)9-14-17(26)22-12-7-3-4-8-13(12)27-14/h1-8,14H,9H2,(H,22,26)(H,23,24,25)/t14-/m0/s1. The van der Waals surface area contributed by atoms with Crippen LogP contribution >= 0.6 is 11.8 Å². The molecule has 0 aliphatic carbocycles. The van der Waals surface area contributed by atoms with E-state index in [1.54, 1.807) is 24.3 Å². The van der Waals surface area contributed by atoms with Crippen LogP contribution in [0.2, 0.25) is 0 Å². The molecular weight excluding hydrogens is 381 g/mol. The molecule has 0 fully saturated rings. The highest BCUT2D eigenvalue weighted by molar-refractivity contribution is 8.01. The Morgan fingerprint density at radius 2 is 1.74 bits per heavy atom. The second-order valence-corrected chi connectivity index (χ2v) is 6.96. The van der Waals surface area contributed by atoms with Crippen molar-refractivity contribution in [2.24, 2.45) is 0 Å². The van der Waals surface area contributed by atoms with E-state index in [4.69, 9.17) is 0 Å². The van der Waals surface area contributed by atoms with Gasteiger partial charge < -0.3 is 5.32 Å². The third-order valence-electron chi connectivity index (χ3n) is 3.81. The molecule has 0 radical (unpaired) electrons. The van der Waals surface area contributed by atoms with E-state index >= 15 is 0 Å². The summed E-state index contributed by atoms with van der Waals surface area (Å²) in [6, 6.07) is 11.2. The van der Waals surface area contributed by atoms with Gasteiger partial charge in [-0.15, -0.1) is 11.8 Å². The van der Waals surface area contributed by atoms with Crippen molar-refractivity contribution in [3.05, 3.63) is 59.7 Å². The van der Waals surface area contributed by atoms with Gasteiger partial charge in [0.25, 0.3) is 5.91 Å². The van der Waals surface area contributed by atoms with E-state index in [-0.39, 0.29) is 6.42 Å². The number of amides is 3. The van der Waals surface area contributed by atoms with E-state index < -0.39 is 40.3 Å². The molecule has 9 heteroatoms. The van der Waals surface area contributed by atoms with Crippen molar-refractivity contribution in [2.75, 3.05) is 5.32 Å². The fraction of sp³-hybridized carbons (Fsp3) is 0.167. The van der Waals surface area contributed by atoms with Gasteiger partial charge in [-0.3, -0.25) is 19.7 Å². The highest BCUT2D eigenvalue weighted by atomic mass is 32.2. The summed E-state index contributed by atoms with van der Waals surface area (Å²) in [4.78, 5) is 37.1. The predicted molar refractivity (Wildman–Crippen MR) is 93.3 cm³/mol. The zero-order chi connectivity index (χ0) is 19.6. The number of anilines is 1. The second-order valence-electron chi connectivity index (χ2n) is 5.72. The van der Waals surface area contributed by atoms with Crippen LogP contribution in [0.4, 0.5) is 18.9 Å². The fourth-order valence-corrected chi connectivity index (χ4v) is 3.68. The van der Waals surface area contributed by atoms with Crippen molar-refractivity contribution < 1.29 is 27.6 Å². The number of hydrogen-bond acceptors (Lipinski definition) is 4. The van der Waals surface area contributed by atoms with E-state index in [9.17, 15) is 27.6 Å². The summed E-state index contributed by atoms with van der Waals surface area (Å²) in [5, 5.41) is 3.80. The van der Waals surface area contributed by atoms with Crippen LogP contribution < -0.4 is 10.6 Å². The van der Waals surface area contributed by atoms with Crippen LogP contribution in [-0.2, 0) is 15.8 Å². The van der Waals surface area contributed by atoms with Crippen LogP contribution in [0.3, 0.4) is 0 Å². The Balaban J connectivity index is 1.69. The Bertz CT molecular complexity index is 915. The number of halogens is 3. The molecule has 3 amide bonds. The molecular formula is C18H13F3N2O3S. The first-order chi connectivity index (χ1) is 12.8. The molecule has 0 unspecified atom stereocenters. The number of benzene rings is 2. The molecule has 0 bridgehead atoms. The van der Waals surface area contributed by atoms with Crippen LogP contribution in [0.1, 0.15) is 22.3 Å². The third-order valence-corrected chi connectivity index (χ3v) is 5.08. The Morgan fingerprint density at radius 1 is 1.07 bits per heavy atom. The number of rotatable bonds is 3. The van der Waals surface area contributed by atoms with Gasteiger partial charge in [-0.25, -0.2) is 0 Å². The summed E-state index contributed by atoms with van der Waals surface area (Å²) >= 11 is 1.16. The van der Waals surface area contributed by atoms with Crippen LogP contribution in [0.25, 0.3) is 0 Å². The average Bonchev–Trinajstić information content (AvgIpc) is 2.61. The lowest BCUT2D eigenvalue weighted by atomic mass is 10.1. The maximum Gasteiger partial charge on any atom is 0.417 e. The van der Waals surface area contributed by atoms with Gasteiger partial charge in [0, 0.05) is 11.3 Å². The van der Waals surface area contributed by atoms with Crippen LogP contribution in [-0.4, -0.2) is 23.0 Å². The Morgan fingerprint density at radius 3 is 2.48 bits per heavy atom. The Hall–Kier alpha value is -2.81. The van der Waals surface area contributed by atoms with Crippen molar-refractivity contribution in [1.82, 2.24) is 5.32 Å². The Kier molecular flexibility index (Phi) is 5.22. The number of para-hydroxylation sites is 1. The Labute approximate surface area is 156 Å². The molecule has 2 N–H and O–H groups in total. The van der Waals surface area contributed by atoms with E-state index in [1.807, 2.05) is 5.32 Å². The number of imide groups is 1. The smallest absolute Gasteiger partial charge is 0.324 e. The van der Waals surface area contributed by atoms with Crippen molar-refractivity contribution in [3.8, 4) is 0 Å². The second kappa shape index (κ2) is 7.43. The van der Waals surface area contributed by atoms with E-state index in [0.717, 1.165) is 34.9 Å². The van der Waals surface area contributed by atoms with Crippen LogP contribution in [0.15, 0.2) is 53.4 Å². The highest BCUT2D eigenvalue weighted by Gasteiger charge is 2.35. The molecule has 2 aromatic rings. The molecule has 2 aromatic carbocycles. The topological polar surface area (TPSA) is 75.3 Å². The maximum absolute atomic E-state index is 13.0. The summed E-state index contributed by atoms with van der Waals surface area (Å²) in [7, 11) is 0. The molecule has 5 nitrogen and oxygen atoms in total. The summed E-state index contributed by atoms with van der Waals surface area (Å²) in [6.45, 7) is 0. The monoisotopic (exact) mass is 394 g/mol. The first-order valence-electron chi connectivity index (χ1n) is 7.82. The van der Waals surface area contributed by atoms with Gasteiger partial charge in [0.2, 0.25) is 11.8 Å². The number of fused-ring (bicyclic) bond motifs is 1. The van der Waals surface area contributed by atoms with Crippen LogP contribution in [0.5, 0.6) is 0 Å². The van der Waals surface area contributed by atoms with Crippen LogP contribution in [0, 0.1) is 0 Å². The lowest BCUT2D eigenvalue weighted by Gasteiger charge is -2.23. The summed E-state index contributed by atoms with van der Waals surface area (Å²) in [5.74, 6) is -2.39. The van der Waals surface area contributed by atoms with Gasteiger partial charge >= 0.3 is 6.18 Å². The first kappa shape index (κ1) is 19.0. The van der Waals surface area contributed by atoms with Crippen molar-refractivity contribution in [2.45, 2.75) is 22.7 Å². The molecule has 0 saturated heterocycles. The quantitative estimate of drug-likeness (QED) is 0.836. The normalized spacial score (nSPS) is 16.3. The zero-order valence-corrected chi connectivity index (χ0v) is 14.5. The molecule has 1 aliphatic heterocycles. The minimum Gasteiger partial charge on any atom is -0.324 e. The summed E-state index contributed by atoms with van der Waals surface area (Å²) in [5.41, 5.74) is -1.15. The maximum atomic E-state index is 13.0. The molecule has 1 heterocycles. The largest absolute Gasteiger partial charge is 0.417 e. The molecule has 1 aliphatic rings. The third kappa shape index (κ3) is 4.30. The highest BCUT2D eigenvalue weighted by Crippen LogP contribution is 2.36. The zero-order valence-electron chi connectivity index (χ0n) is 13.7. The van der Waals surface area contributed by atoms with E-state index in [0.29, 0.717) is 5.69 Å². The molecule has 3 rings (SSSR count). The summed E-state index contributed by atoms with van der Waals surface area (Å²) in [6.07, 6.45) is -5.06. The first-order valence-corrected chi connectivity index (χ1v) is 8.70. The van der Waals surface area contributed by atoms with Crippen molar-refractivity contribution >= 4 is 35.2 Å². The number of carbonyl (C=O) groups excluding carboxylic acids is 3. The van der Waals surface area contributed by atoms with Crippen molar-refractivity contribution in [1.29, 1.82) is 0 Å². The molecule has 1 atom stereocenters. The lowest BCUT2D eigenvalue weighted by Crippen LogP contribution is -2.37. The number of carbonyl (C=O) groups is 3. The minimum absolute atomic E-state index is 0.343. The van der Waals surface area contributed by atoms with Gasteiger partial charge in [-0.2, -0.15) is 13.2 Å². The number of hydrogen-bond donors (Lipinski definition) is 2. The molecule has 0 aromatic heterocycles. The van der Waals surface area contributed by atoms with Gasteiger partial charge in [0.1, 0.15) is 0 Å². The van der Waals surface area contributed by atoms with Crippen molar-refractivity contribution in [3.63, 3.8) is 0 Å². The van der Waals surface area contributed by atoms with E-state index in [2.05, 4.69) is 5.32 Å². The molecule has 140 valence electrons. The SMILES string of the molecule is O=C(C[C@@H]1Sc2ccccc2NC1=O)NC(=O)c1ccccc1C(F)(F)F.